The van der Waals surface area contributed by atoms with Crippen LogP contribution in [0.1, 0.15) is 24.0 Å². The van der Waals surface area contributed by atoms with E-state index in [9.17, 15) is 9.59 Å². The third-order valence-electron chi connectivity index (χ3n) is 4.72. The van der Waals surface area contributed by atoms with Crippen LogP contribution in [0, 0.1) is 23.8 Å². The van der Waals surface area contributed by atoms with E-state index in [2.05, 4.69) is 57.0 Å². The third-order valence-corrected chi connectivity index (χ3v) is 5.60. The minimum absolute atomic E-state index is 0.133. The molecule has 0 bridgehead atoms. The second kappa shape index (κ2) is 11.9. The maximum absolute atomic E-state index is 11.1. The van der Waals surface area contributed by atoms with Crippen LogP contribution in [0.2, 0.25) is 19.6 Å². The van der Waals surface area contributed by atoms with Crippen LogP contribution in [0.15, 0.2) is 58.4 Å². The predicted molar refractivity (Wildman–Crippen MR) is 143 cm³/mol. The van der Waals surface area contributed by atoms with Gasteiger partial charge < -0.3 is 14.7 Å². The van der Waals surface area contributed by atoms with E-state index in [1.165, 1.54) is 25.0 Å². The molecule has 0 unspecified atom stereocenters. The zero-order valence-corrected chi connectivity index (χ0v) is 21.1. The summed E-state index contributed by atoms with van der Waals surface area (Å²) in [7, 11) is -1.36. The monoisotopic (exact) mass is 484 g/mol. The van der Waals surface area contributed by atoms with Gasteiger partial charge in [-0.15, -0.1) is 12.0 Å². The largest absolute Gasteiger partial charge is 0.381 e. The molecule has 0 radical (unpaired) electrons. The molecular formula is C27H28N4O3Si. The van der Waals surface area contributed by atoms with E-state index in [1.54, 1.807) is 30.6 Å². The summed E-state index contributed by atoms with van der Waals surface area (Å²) in [5, 5.41) is 1.75. The lowest BCUT2D eigenvalue weighted by Gasteiger charge is -2.03. The van der Waals surface area contributed by atoms with Crippen molar-refractivity contribution in [2.45, 2.75) is 32.5 Å². The summed E-state index contributed by atoms with van der Waals surface area (Å²) in [5.41, 5.74) is 5.77. The van der Waals surface area contributed by atoms with Crippen LogP contribution in [0.3, 0.4) is 0 Å². The molecule has 0 saturated carbocycles. The fourth-order valence-electron chi connectivity index (χ4n) is 2.99. The predicted octanol–water partition coefficient (Wildman–Crippen LogP) is 3.85. The number of aromatic nitrogens is 4. The molecule has 1 fully saturated rings. The highest BCUT2D eigenvalue weighted by Gasteiger charge is 2.07. The number of aromatic amines is 2. The molecule has 2 N–H and O–H groups in total. The number of hydrogen-bond donors (Lipinski definition) is 2. The summed E-state index contributed by atoms with van der Waals surface area (Å²) in [4.78, 5) is 35.5. The average molecular weight is 485 g/mol. The molecule has 1 aliphatic heterocycles. The summed E-state index contributed by atoms with van der Waals surface area (Å²) in [6, 6.07) is 10.2. The third kappa shape index (κ3) is 8.38. The molecule has 5 rings (SSSR count). The molecule has 0 spiro atoms. The molecule has 1 aliphatic rings. The molecule has 0 atom stereocenters. The van der Waals surface area contributed by atoms with Crippen molar-refractivity contribution in [1.29, 1.82) is 0 Å². The Kier molecular flexibility index (Phi) is 8.74. The number of nitrogens with one attached hydrogen (secondary N) is 2. The Bertz CT molecular complexity index is 1520. The number of terminal acetylenes is 1. The SMILES string of the molecule is C#Cc1cnc2[nH]c(=O)ccc2c1.C1CCOC1.C[Si](C)(C)C#Cc1cnc2[nH]c(=O)ccc2c1. The Morgan fingerprint density at radius 3 is 1.83 bits per heavy atom. The van der Waals surface area contributed by atoms with Crippen molar-refractivity contribution < 1.29 is 4.74 Å². The maximum Gasteiger partial charge on any atom is 0.249 e. The minimum atomic E-state index is -1.36. The van der Waals surface area contributed by atoms with Gasteiger partial charge >= 0.3 is 0 Å². The lowest BCUT2D eigenvalue weighted by Crippen LogP contribution is -2.16. The summed E-state index contributed by atoms with van der Waals surface area (Å²) < 4.78 is 4.94. The van der Waals surface area contributed by atoms with E-state index in [1.807, 2.05) is 6.07 Å². The first-order valence-electron chi connectivity index (χ1n) is 11.3. The van der Waals surface area contributed by atoms with Gasteiger partial charge in [-0.05, 0) is 37.1 Å². The van der Waals surface area contributed by atoms with Crippen molar-refractivity contribution >= 4 is 30.1 Å². The number of nitrogens with zero attached hydrogens (tertiary/aromatic N) is 2. The van der Waals surface area contributed by atoms with Gasteiger partial charge in [0.2, 0.25) is 11.1 Å². The zero-order chi connectivity index (χ0) is 25.3. The van der Waals surface area contributed by atoms with Crippen LogP contribution in [-0.4, -0.2) is 41.2 Å². The Morgan fingerprint density at radius 1 is 0.857 bits per heavy atom. The second-order valence-electron chi connectivity index (χ2n) is 8.93. The summed E-state index contributed by atoms with van der Waals surface area (Å²) >= 11 is 0. The van der Waals surface area contributed by atoms with Gasteiger partial charge in [0.15, 0.2) is 0 Å². The highest BCUT2D eigenvalue weighted by Crippen LogP contribution is 2.09. The topological polar surface area (TPSA) is 101 Å². The van der Waals surface area contributed by atoms with E-state index in [0.717, 1.165) is 29.5 Å². The Balaban J connectivity index is 0.000000167. The highest BCUT2D eigenvalue weighted by atomic mass is 28.3. The van der Waals surface area contributed by atoms with Gasteiger partial charge in [0.25, 0.3) is 0 Å². The van der Waals surface area contributed by atoms with Gasteiger partial charge in [-0.1, -0.05) is 31.5 Å². The molecule has 0 aliphatic carbocycles. The Hall–Kier alpha value is -3.98. The standard InChI is InChI=1S/C13H14N2OSi.C10H6N2O.C4H8O/c1-17(2,3)7-6-10-8-11-4-5-12(16)15-13(11)14-9-10;1-2-7-5-8-3-4-9(13)12-10(8)11-6-7;1-2-4-5-3-1/h4-5,8-9H,1-3H3,(H,14,15,16);1,3-6H,(H,11,12,13);1-4H2. The molecule has 0 amide bonds. The number of rotatable bonds is 0. The lowest BCUT2D eigenvalue weighted by atomic mass is 10.2. The van der Waals surface area contributed by atoms with Gasteiger partial charge in [-0.2, -0.15) is 0 Å². The number of hydrogen-bond acceptors (Lipinski definition) is 5. The van der Waals surface area contributed by atoms with E-state index < -0.39 is 8.07 Å². The van der Waals surface area contributed by atoms with Gasteiger partial charge in [0, 0.05) is 59.6 Å². The van der Waals surface area contributed by atoms with Crippen LogP contribution >= 0.6 is 0 Å². The van der Waals surface area contributed by atoms with Gasteiger partial charge in [0.1, 0.15) is 19.4 Å². The molecule has 4 aromatic heterocycles. The van der Waals surface area contributed by atoms with Crippen LogP contribution in [0.5, 0.6) is 0 Å². The molecule has 178 valence electrons. The van der Waals surface area contributed by atoms with E-state index >= 15 is 0 Å². The van der Waals surface area contributed by atoms with Gasteiger partial charge in [0.05, 0.1) is 0 Å². The van der Waals surface area contributed by atoms with Crippen molar-refractivity contribution in [1.82, 2.24) is 19.9 Å². The van der Waals surface area contributed by atoms with Crippen molar-refractivity contribution in [3.63, 3.8) is 0 Å². The number of ether oxygens (including phenoxy) is 1. The van der Waals surface area contributed by atoms with E-state index in [0.29, 0.717) is 16.9 Å². The van der Waals surface area contributed by atoms with Crippen molar-refractivity contribution in [2.24, 2.45) is 0 Å². The van der Waals surface area contributed by atoms with Crippen molar-refractivity contribution in [3.8, 4) is 23.8 Å². The lowest BCUT2D eigenvalue weighted by molar-refractivity contribution is 0.198. The second-order valence-corrected chi connectivity index (χ2v) is 13.7. The van der Waals surface area contributed by atoms with Crippen molar-refractivity contribution in [2.75, 3.05) is 13.2 Å². The average Bonchev–Trinajstić information content (AvgIpc) is 3.43. The molecule has 0 aromatic carbocycles. The van der Waals surface area contributed by atoms with Crippen LogP contribution in [0.4, 0.5) is 0 Å². The summed E-state index contributed by atoms with van der Waals surface area (Å²) in [6.45, 7) is 8.60. The van der Waals surface area contributed by atoms with Crippen LogP contribution in [0.25, 0.3) is 22.1 Å². The first kappa shape index (κ1) is 25.6. The molecule has 1 saturated heterocycles. The molecule has 7 nitrogen and oxygen atoms in total. The zero-order valence-electron chi connectivity index (χ0n) is 20.1. The summed E-state index contributed by atoms with van der Waals surface area (Å²) in [6.07, 6.45) is 11.0. The number of pyridine rings is 4. The molecule has 4 aromatic rings. The van der Waals surface area contributed by atoms with Gasteiger partial charge in [-0.3, -0.25) is 9.59 Å². The van der Waals surface area contributed by atoms with Gasteiger partial charge in [-0.25, -0.2) is 9.97 Å². The molecule has 35 heavy (non-hydrogen) atoms. The number of fused-ring (bicyclic) bond motifs is 2. The van der Waals surface area contributed by atoms with E-state index in [4.69, 9.17) is 11.2 Å². The summed E-state index contributed by atoms with van der Waals surface area (Å²) in [5.74, 6) is 5.63. The number of H-pyrrole nitrogens is 2. The van der Waals surface area contributed by atoms with Crippen LogP contribution < -0.4 is 11.1 Å². The quantitative estimate of drug-likeness (QED) is 0.292. The highest BCUT2D eigenvalue weighted by molar-refractivity contribution is 6.83. The minimum Gasteiger partial charge on any atom is -0.381 e. The van der Waals surface area contributed by atoms with Crippen LogP contribution in [-0.2, 0) is 4.74 Å². The normalized spacial score (nSPS) is 12.4. The fourth-order valence-corrected chi connectivity index (χ4v) is 3.51. The first-order chi connectivity index (χ1) is 16.7. The first-order valence-corrected chi connectivity index (χ1v) is 14.8. The van der Waals surface area contributed by atoms with E-state index in [-0.39, 0.29) is 11.1 Å². The van der Waals surface area contributed by atoms with Crippen molar-refractivity contribution in [3.05, 3.63) is 80.6 Å². The Labute approximate surface area is 205 Å². The molecule has 8 heteroatoms. The molecular weight excluding hydrogens is 456 g/mol. The maximum atomic E-state index is 11.1. The smallest absolute Gasteiger partial charge is 0.249 e. The fraction of sp³-hybridized carbons (Fsp3) is 0.259. The Morgan fingerprint density at radius 2 is 1.37 bits per heavy atom. The molecule has 5 heterocycles.